The van der Waals surface area contributed by atoms with Gasteiger partial charge in [0.1, 0.15) is 0 Å². The fourth-order valence-corrected chi connectivity index (χ4v) is 8.64. The SMILES string of the molecule is CCC1(C(=O)NC2(C)NC(c3ccc(Cl)cc3)=CS2)CC2c3ccccc3C3c4ccccc4C231. The quantitative estimate of drug-likeness (QED) is 0.418. The average Bonchev–Trinajstić information content (AvgIpc) is 3.30. The Labute approximate surface area is 215 Å². The Morgan fingerprint density at radius 3 is 2.46 bits per heavy atom. The van der Waals surface area contributed by atoms with Gasteiger partial charge in [-0.2, -0.15) is 0 Å². The fourth-order valence-electron chi connectivity index (χ4n) is 7.65. The molecule has 176 valence electrons. The second-order valence-electron chi connectivity index (χ2n) is 10.5. The Bertz CT molecular complexity index is 1420. The Morgan fingerprint density at radius 1 is 1.03 bits per heavy atom. The van der Waals surface area contributed by atoms with Crippen molar-refractivity contribution in [1.29, 1.82) is 0 Å². The van der Waals surface area contributed by atoms with Gasteiger partial charge in [0.25, 0.3) is 0 Å². The number of nitrogens with one attached hydrogen (secondary N) is 2. The van der Waals surface area contributed by atoms with E-state index in [1.165, 1.54) is 22.3 Å². The van der Waals surface area contributed by atoms with Crippen molar-refractivity contribution in [3.8, 4) is 0 Å². The molecule has 2 N–H and O–H groups in total. The number of hydrogen-bond acceptors (Lipinski definition) is 3. The van der Waals surface area contributed by atoms with Crippen molar-refractivity contribution in [3.05, 3.63) is 111 Å². The van der Waals surface area contributed by atoms with E-state index >= 15 is 0 Å². The molecule has 3 nitrogen and oxygen atoms in total. The van der Waals surface area contributed by atoms with Crippen LogP contribution in [0.25, 0.3) is 5.70 Å². The zero-order valence-electron chi connectivity index (χ0n) is 19.8. The summed E-state index contributed by atoms with van der Waals surface area (Å²) in [6.07, 6.45) is 1.72. The van der Waals surface area contributed by atoms with Crippen molar-refractivity contribution in [1.82, 2.24) is 10.6 Å². The van der Waals surface area contributed by atoms with Crippen LogP contribution in [0.5, 0.6) is 0 Å². The van der Waals surface area contributed by atoms with Gasteiger partial charge in [0.2, 0.25) is 5.91 Å². The van der Waals surface area contributed by atoms with E-state index in [2.05, 4.69) is 78.4 Å². The van der Waals surface area contributed by atoms with Gasteiger partial charge in [-0.15, -0.1) is 0 Å². The monoisotopic (exact) mass is 498 g/mol. The van der Waals surface area contributed by atoms with Gasteiger partial charge in [-0.1, -0.05) is 91.0 Å². The van der Waals surface area contributed by atoms with Crippen molar-refractivity contribution < 1.29 is 4.79 Å². The third-order valence-corrected chi connectivity index (χ3v) is 10.4. The van der Waals surface area contributed by atoms with Crippen molar-refractivity contribution in [2.75, 3.05) is 0 Å². The fraction of sp³-hybridized carbons (Fsp3) is 0.300. The van der Waals surface area contributed by atoms with Crippen LogP contribution < -0.4 is 10.6 Å². The van der Waals surface area contributed by atoms with Crippen LogP contribution >= 0.6 is 23.4 Å². The predicted molar refractivity (Wildman–Crippen MR) is 143 cm³/mol. The first-order valence-electron chi connectivity index (χ1n) is 12.4. The van der Waals surface area contributed by atoms with E-state index in [4.69, 9.17) is 11.6 Å². The maximum Gasteiger partial charge on any atom is 0.229 e. The van der Waals surface area contributed by atoms with Gasteiger partial charge < -0.3 is 10.6 Å². The molecule has 5 unspecified atom stereocenters. The highest BCUT2D eigenvalue weighted by atomic mass is 35.5. The zero-order valence-corrected chi connectivity index (χ0v) is 21.3. The summed E-state index contributed by atoms with van der Waals surface area (Å²) in [6, 6.07) is 25.5. The van der Waals surface area contributed by atoms with Gasteiger partial charge >= 0.3 is 0 Å². The van der Waals surface area contributed by atoms with Gasteiger partial charge in [0, 0.05) is 16.4 Å². The Balaban J connectivity index is 1.22. The summed E-state index contributed by atoms with van der Waals surface area (Å²) in [4.78, 5) is 13.7. The van der Waals surface area contributed by atoms with E-state index in [1.54, 1.807) is 11.8 Å². The molecule has 3 aromatic rings. The normalized spacial score (nSPS) is 33.2. The largest absolute Gasteiger partial charge is 0.353 e. The van der Waals surface area contributed by atoms with Gasteiger partial charge in [-0.05, 0) is 71.0 Å². The summed E-state index contributed by atoms with van der Waals surface area (Å²) in [5.74, 6) is 0.875. The molecule has 0 saturated heterocycles. The molecule has 5 heteroatoms. The Morgan fingerprint density at radius 2 is 1.71 bits per heavy atom. The van der Waals surface area contributed by atoms with E-state index in [9.17, 15) is 4.79 Å². The molecule has 3 aromatic carbocycles. The van der Waals surface area contributed by atoms with Crippen molar-refractivity contribution in [2.24, 2.45) is 5.41 Å². The second kappa shape index (κ2) is 7.18. The molecule has 1 amide bonds. The Kier molecular flexibility index (Phi) is 4.43. The van der Waals surface area contributed by atoms with Crippen LogP contribution in [0.1, 0.15) is 66.3 Å². The average molecular weight is 499 g/mol. The van der Waals surface area contributed by atoms with Crippen LogP contribution in [0.4, 0.5) is 0 Å². The van der Waals surface area contributed by atoms with Crippen molar-refractivity contribution >= 4 is 35.0 Å². The summed E-state index contributed by atoms with van der Waals surface area (Å²) >= 11 is 7.69. The van der Waals surface area contributed by atoms with Crippen LogP contribution in [0.15, 0.2) is 78.2 Å². The number of thioether (sulfide) groups is 1. The number of benzene rings is 3. The third-order valence-electron chi connectivity index (χ3n) is 9.08. The highest BCUT2D eigenvalue weighted by Gasteiger charge is 2.79. The molecule has 5 atom stereocenters. The number of hydrogen-bond donors (Lipinski definition) is 2. The molecule has 35 heavy (non-hydrogen) atoms. The van der Waals surface area contributed by atoms with Crippen molar-refractivity contribution in [3.63, 3.8) is 0 Å². The highest BCUT2D eigenvalue weighted by Crippen LogP contribution is 2.82. The highest BCUT2D eigenvalue weighted by molar-refractivity contribution is 8.03. The predicted octanol–water partition coefficient (Wildman–Crippen LogP) is 6.75. The minimum absolute atomic E-state index is 0.141. The second-order valence-corrected chi connectivity index (χ2v) is 12.2. The third kappa shape index (κ3) is 2.57. The lowest BCUT2D eigenvalue weighted by atomic mass is 9.33. The molecule has 1 saturated carbocycles. The lowest BCUT2D eigenvalue weighted by Crippen LogP contribution is -2.71. The van der Waals surface area contributed by atoms with E-state index < -0.39 is 10.4 Å². The molecule has 7 rings (SSSR count). The molecule has 0 radical (unpaired) electrons. The van der Waals surface area contributed by atoms with E-state index in [1.807, 2.05) is 24.3 Å². The van der Waals surface area contributed by atoms with E-state index in [-0.39, 0.29) is 11.3 Å². The van der Waals surface area contributed by atoms with Crippen LogP contribution in [-0.2, 0) is 10.2 Å². The molecule has 1 heterocycles. The molecule has 3 aliphatic carbocycles. The van der Waals surface area contributed by atoms with Crippen LogP contribution in [0, 0.1) is 5.41 Å². The summed E-state index contributed by atoms with van der Waals surface area (Å²) < 4.78 is 0. The van der Waals surface area contributed by atoms with Gasteiger partial charge in [0.15, 0.2) is 4.99 Å². The maximum atomic E-state index is 14.3. The van der Waals surface area contributed by atoms with Crippen LogP contribution in [0.3, 0.4) is 0 Å². The lowest BCUT2D eigenvalue weighted by molar-refractivity contribution is -0.153. The molecule has 1 aliphatic heterocycles. The first-order chi connectivity index (χ1) is 16.9. The molecule has 0 aromatic heterocycles. The smallest absolute Gasteiger partial charge is 0.229 e. The summed E-state index contributed by atoms with van der Waals surface area (Å²) in [5, 5.41) is 9.82. The number of amides is 1. The zero-order chi connectivity index (χ0) is 24.0. The number of carbonyl (C=O) groups is 1. The van der Waals surface area contributed by atoms with Gasteiger partial charge in [0.05, 0.1) is 11.1 Å². The molecule has 1 fully saturated rings. The first-order valence-corrected chi connectivity index (χ1v) is 13.6. The van der Waals surface area contributed by atoms with E-state index in [0.717, 1.165) is 24.1 Å². The molecule has 1 spiro atoms. The van der Waals surface area contributed by atoms with Crippen molar-refractivity contribution in [2.45, 2.75) is 48.9 Å². The number of carbonyl (C=O) groups excluding carboxylic acids is 1. The van der Waals surface area contributed by atoms with Crippen LogP contribution in [-0.4, -0.2) is 10.9 Å². The molecule has 4 aliphatic rings. The summed E-state index contributed by atoms with van der Waals surface area (Å²) in [7, 11) is 0. The van der Waals surface area contributed by atoms with E-state index in [0.29, 0.717) is 16.9 Å². The standard InChI is InChI=1S/C30H27ClN2OS/c1-3-29(27(34)33-28(2)32-25(17-35-28)18-12-14-19(31)15-13-18)16-24-20-8-4-5-9-21(20)26-22-10-6-7-11-23(22)30(24,26)29/h4-15,17,24,26,32H,3,16H2,1-2H3,(H,33,34). The summed E-state index contributed by atoms with van der Waals surface area (Å²) in [6.45, 7) is 4.25. The molecule has 0 bridgehead atoms. The van der Waals surface area contributed by atoms with Gasteiger partial charge in [-0.25, -0.2) is 0 Å². The summed E-state index contributed by atoms with van der Waals surface area (Å²) in [5.41, 5.74) is 7.15. The van der Waals surface area contributed by atoms with Crippen LogP contribution in [0.2, 0.25) is 5.02 Å². The van der Waals surface area contributed by atoms with Gasteiger partial charge in [-0.3, -0.25) is 4.79 Å². The minimum Gasteiger partial charge on any atom is -0.353 e. The Hall–Kier alpha value is -2.69. The lowest BCUT2D eigenvalue weighted by Gasteiger charge is -2.69. The molecular weight excluding hydrogens is 472 g/mol. The number of rotatable bonds is 4. The minimum atomic E-state index is -0.597. The number of fused-ring (bicyclic) bond motifs is 5. The number of halogens is 1. The topological polar surface area (TPSA) is 41.1 Å². The maximum absolute atomic E-state index is 14.3. The molecular formula is C30H27ClN2OS. The first kappa shape index (κ1) is 21.6.